The van der Waals surface area contributed by atoms with Crippen molar-refractivity contribution in [2.75, 3.05) is 6.54 Å². The van der Waals surface area contributed by atoms with Crippen molar-refractivity contribution in [3.05, 3.63) is 12.2 Å². The summed E-state index contributed by atoms with van der Waals surface area (Å²) in [5.74, 6) is 1.90. The highest BCUT2D eigenvalue weighted by molar-refractivity contribution is 5.43. The SMILES string of the molecule is C=C1[C@H]2CC3C4N5C[C@@]6(C)CCC[C@]47[C@H]([C@H]2O)[C@]3(C[C@H]5[C@H]67)[C@@H]1O. The number of rotatable bonds is 0. The van der Waals surface area contributed by atoms with Crippen molar-refractivity contribution in [1.82, 2.24) is 4.90 Å². The van der Waals surface area contributed by atoms with E-state index in [4.69, 9.17) is 0 Å². The highest BCUT2D eigenvalue weighted by Gasteiger charge is 2.89. The molecule has 3 unspecified atom stereocenters. The molecular formula is C20H27NO2. The molecule has 3 saturated heterocycles. The number of hydrogen-bond acceptors (Lipinski definition) is 3. The summed E-state index contributed by atoms with van der Waals surface area (Å²) in [7, 11) is 0. The Hall–Kier alpha value is -0.380. The standard InChI is InChI=1S/C20H27NO2/c1-9-10-6-11-16-19-5-3-4-18(2)8-21(16)12(14(18)19)7-20(11,17(9)23)15(19)13(10)22/h10-17,22-23H,1,3-8H2,2H3/t10-,11?,12+,13+,14-,15+,16?,17-,18-,19+,20-/m1/s1. The lowest BCUT2D eigenvalue weighted by atomic mass is 9.39. The van der Waals surface area contributed by atoms with E-state index in [-0.39, 0.29) is 23.5 Å². The van der Waals surface area contributed by atoms with Crippen LogP contribution in [0.4, 0.5) is 0 Å². The zero-order valence-corrected chi connectivity index (χ0v) is 13.9. The molecule has 9 rings (SSSR count). The van der Waals surface area contributed by atoms with Gasteiger partial charge in [0.2, 0.25) is 0 Å². The topological polar surface area (TPSA) is 43.7 Å². The second kappa shape index (κ2) is 3.20. The molecule has 12 atom stereocenters. The molecule has 3 heterocycles. The van der Waals surface area contributed by atoms with Gasteiger partial charge in [-0.15, -0.1) is 0 Å². The maximum absolute atomic E-state index is 11.3. The second-order valence-corrected chi connectivity index (χ2v) is 10.5. The number of nitrogens with zero attached hydrogens (tertiary/aromatic N) is 1. The summed E-state index contributed by atoms with van der Waals surface area (Å²) in [6.07, 6.45) is 5.64. The van der Waals surface area contributed by atoms with E-state index in [1.165, 1.54) is 25.8 Å². The van der Waals surface area contributed by atoms with Crippen LogP contribution < -0.4 is 0 Å². The van der Waals surface area contributed by atoms with Crippen LogP contribution in [0.3, 0.4) is 0 Å². The third-order valence-electron chi connectivity index (χ3n) is 10.3. The minimum atomic E-state index is -0.349. The van der Waals surface area contributed by atoms with Crippen LogP contribution in [0.5, 0.6) is 0 Å². The smallest absolute Gasteiger partial charge is 0.0815 e. The molecule has 6 aliphatic carbocycles. The lowest BCUT2D eigenvalue weighted by Crippen LogP contribution is -2.68. The molecule has 3 heteroatoms. The molecule has 3 aliphatic heterocycles. The van der Waals surface area contributed by atoms with Gasteiger partial charge in [0.15, 0.2) is 0 Å². The molecule has 124 valence electrons. The molecular weight excluding hydrogens is 286 g/mol. The number of fused-ring (bicyclic) bond motifs is 1. The molecule has 0 radical (unpaired) electrons. The zero-order valence-electron chi connectivity index (χ0n) is 13.9. The largest absolute Gasteiger partial charge is 0.392 e. The van der Waals surface area contributed by atoms with Crippen LogP contribution in [-0.2, 0) is 0 Å². The molecule has 23 heavy (non-hydrogen) atoms. The van der Waals surface area contributed by atoms with E-state index in [1.54, 1.807) is 0 Å². The molecule has 0 aromatic rings. The minimum Gasteiger partial charge on any atom is -0.392 e. The van der Waals surface area contributed by atoms with Crippen LogP contribution in [0, 0.1) is 39.9 Å². The van der Waals surface area contributed by atoms with Crippen molar-refractivity contribution in [1.29, 1.82) is 0 Å². The predicted octanol–water partition coefficient (Wildman–Crippen LogP) is 1.79. The van der Waals surface area contributed by atoms with Crippen molar-refractivity contribution in [3.63, 3.8) is 0 Å². The first-order valence-electron chi connectivity index (χ1n) is 9.77. The van der Waals surface area contributed by atoms with Crippen LogP contribution in [0.15, 0.2) is 12.2 Å². The maximum Gasteiger partial charge on any atom is 0.0815 e. The quantitative estimate of drug-likeness (QED) is 0.670. The predicted molar refractivity (Wildman–Crippen MR) is 85.5 cm³/mol. The van der Waals surface area contributed by atoms with Gasteiger partial charge in [0.1, 0.15) is 0 Å². The third kappa shape index (κ3) is 0.910. The molecule has 2 spiro atoms. The van der Waals surface area contributed by atoms with Gasteiger partial charge in [-0.05, 0) is 53.9 Å². The number of aliphatic hydroxyl groups is 2. The van der Waals surface area contributed by atoms with E-state index < -0.39 is 0 Å². The molecule has 3 nitrogen and oxygen atoms in total. The summed E-state index contributed by atoms with van der Waals surface area (Å²) in [5, 5.41) is 22.6. The highest BCUT2D eigenvalue weighted by Crippen LogP contribution is 2.86. The average molecular weight is 313 g/mol. The highest BCUT2D eigenvalue weighted by atomic mass is 16.3. The van der Waals surface area contributed by atoms with Crippen LogP contribution >= 0.6 is 0 Å². The second-order valence-electron chi connectivity index (χ2n) is 10.5. The fourth-order valence-corrected chi connectivity index (χ4v) is 10.5. The third-order valence-corrected chi connectivity index (χ3v) is 10.3. The molecule has 9 bridgehead atoms. The van der Waals surface area contributed by atoms with Gasteiger partial charge in [0.25, 0.3) is 0 Å². The fourth-order valence-electron chi connectivity index (χ4n) is 10.5. The van der Waals surface area contributed by atoms with Gasteiger partial charge in [0.05, 0.1) is 12.2 Å². The first-order chi connectivity index (χ1) is 11.0. The van der Waals surface area contributed by atoms with Gasteiger partial charge in [0, 0.05) is 35.9 Å². The van der Waals surface area contributed by atoms with Gasteiger partial charge >= 0.3 is 0 Å². The molecule has 9 fully saturated rings. The number of hydrogen-bond donors (Lipinski definition) is 2. The van der Waals surface area contributed by atoms with E-state index in [0.29, 0.717) is 34.7 Å². The Morgan fingerprint density at radius 3 is 2.83 bits per heavy atom. The molecule has 9 aliphatic rings. The first kappa shape index (κ1) is 12.9. The van der Waals surface area contributed by atoms with Crippen molar-refractivity contribution in [2.45, 2.75) is 63.3 Å². The van der Waals surface area contributed by atoms with Crippen LogP contribution in [-0.4, -0.2) is 45.9 Å². The van der Waals surface area contributed by atoms with Crippen LogP contribution in [0.25, 0.3) is 0 Å². The van der Waals surface area contributed by atoms with E-state index in [0.717, 1.165) is 24.3 Å². The van der Waals surface area contributed by atoms with Gasteiger partial charge in [-0.2, -0.15) is 0 Å². The van der Waals surface area contributed by atoms with Crippen molar-refractivity contribution in [2.24, 2.45) is 39.9 Å². The fraction of sp³-hybridized carbons (Fsp3) is 0.900. The van der Waals surface area contributed by atoms with Crippen molar-refractivity contribution >= 4 is 0 Å². The van der Waals surface area contributed by atoms with Crippen LogP contribution in [0.1, 0.15) is 39.0 Å². The Morgan fingerprint density at radius 2 is 2.00 bits per heavy atom. The Morgan fingerprint density at radius 1 is 1.17 bits per heavy atom. The monoisotopic (exact) mass is 313 g/mol. The first-order valence-corrected chi connectivity index (χ1v) is 9.77. The molecule has 2 N–H and O–H groups in total. The molecule has 6 saturated carbocycles. The Kier molecular flexibility index (Phi) is 1.79. The summed E-state index contributed by atoms with van der Waals surface area (Å²) in [6.45, 7) is 8.04. The lowest BCUT2D eigenvalue weighted by Gasteiger charge is -2.66. The Labute approximate surface area is 137 Å². The van der Waals surface area contributed by atoms with Gasteiger partial charge in [-0.1, -0.05) is 19.9 Å². The lowest BCUT2D eigenvalue weighted by molar-refractivity contribution is -0.213. The van der Waals surface area contributed by atoms with Gasteiger partial charge in [-0.25, -0.2) is 0 Å². The van der Waals surface area contributed by atoms with Crippen LogP contribution in [0.2, 0.25) is 0 Å². The normalized spacial score (nSPS) is 75.6. The average Bonchev–Trinajstić information content (AvgIpc) is 2.93. The summed E-state index contributed by atoms with van der Waals surface area (Å²) in [6, 6.07) is 1.34. The molecule has 0 aromatic carbocycles. The van der Waals surface area contributed by atoms with E-state index in [1.807, 2.05) is 0 Å². The van der Waals surface area contributed by atoms with E-state index >= 15 is 0 Å². The number of aliphatic hydroxyl groups excluding tert-OH is 2. The minimum absolute atomic E-state index is 0.0316. The van der Waals surface area contributed by atoms with E-state index in [9.17, 15) is 10.2 Å². The summed E-state index contributed by atoms with van der Waals surface area (Å²) in [5.41, 5.74) is 1.72. The van der Waals surface area contributed by atoms with E-state index in [2.05, 4.69) is 18.4 Å². The summed E-state index contributed by atoms with van der Waals surface area (Å²) in [4.78, 5) is 2.88. The Bertz CT molecular complexity index is 677. The maximum atomic E-state index is 11.3. The zero-order chi connectivity index (χ0) is 15.5. The van der Waals surface area contributed by atoms with Crippen molar-refractivity contribution < 1.29 is 10.2 Å². The molecule has 0 aromatic heterocycles. The van der Waals surface area contributed by atoms with Crippen molar-refractivity contribution in [3.8, 4) is 0 Å². The van der Waals surface area contributed by atoms with Gasteiger partial charge < -0.3 is 10.2 Å². The number of piperidine rings is 2. The molecule has 0 amide bonds. The summed E-state index contributed by atoms with van der Waals surface area (Å²) >= 11 is 0. The summed E-state index contributed by atoms with van der Waals surface area (Å²) < 4.78 is 0. The Balaban J connectivity index is 1.55. The van der Waals surface area contributed by atoms with Gasteiger partial charge in [-0.3, -0.25) is 4.90 Å².